The number of carbonyl (C=O) groups excluding carboxylic acids is 1. The first-order valence-corrected chi connectivity index (χ1v) is 6.05. The fourth-order valence-electron chi connectivity index (χ4n) is 1.53. The maximum atomic E-state index is 11.4. The van der Waals surface area contributed by atoms with Crippen LogP contribution in [0, 0.1) is 11.8 Å². The summed E-state index contributed by atoms with van der Waals surface area (Å²) < 4.78 is 0. The van der Waals surface area contributed by atoms with Gasteiger partial charge in [0.1, 0.15) is 0 Å². The molecule has 100 valence electrons. The zero-order chi connectivity index (χ0) is 13.3. The Labute approximate surface area is 102 Å². The predicted molar refractivity (Wildman–Crippen MR) is 64.5 cm³/mol. The van der Waals surface area contributed by atoms with Gasteiger partial charge in [-0.15, -0.1) is 0 Å². The van der Waals surface area contributed by atoms with Crippen molar-refractivity contribution >= 4 is 11.9 Å². The summed E-state index contributed by atoms with van der Waals surface area (Å²) in [7, 11) is 0. The third kappa shape index (κ3) is 9.81. The largest absolute Gasteiger partial charge is 0.481 e. The highest BCUT2D eigenvalue weighted by atomic mass is 16.4. The molecule has 0 fully saturated rings. The Morgan fingerprint density at radius 3 is 2.35 bits per heavy atom. The lowest BCUT2D eigenvalue weighted by Gasteiger charge is -2.10. The molecule has 0 aliphatic carbocycles. The lowest BCUT2D eigenvalue weighted by atomic mass is 10.0. The number of hydrogen-bond acceptors (Lipinski definition) is 3. The topological polar surface area (TPSA) is 86.6 Å². The maximum absolute atomic E-state index is 11.4. The van der Waals surface area contributed by atoms with Crippen molar-refractivity contribution in [2.24, 2.45) is 11.8 Å². The number of aliphatic hydroxyl groups is 1. The van der Waals surface area contributed by atoms with E-state index in [9.17, 15) is 9.59 Å². The third-order valence-electron chi connectivity index (χ3n) is 2.56. The number of hydrogen-bond donors (Lipinski definition) is 3. The molecule has 5 nitrogen and oxygen atoms in total. The van der Waals surface area contributed by atoms with Crippen LogP contribution in [0.25, 0.3) is 0 Å². The molecule has 3 N–H and O–H groups in total. The number of nitrogens with one attached hydrogen (secondary N) is 1. The van der Waals surface area contributed by atoms with Crippen molar-refractivity contribution in [2.45, 2.75) is 39.5 Å². The van der Waals surface area contributed by atoms with E-state index in [-0.39, 0.29) is 37.2 Å². The number of carboxylic acid groups (broad SMARTS) is 1. The van der Waals surface area contributed by atoms with Gasteiger partial charge in [-0.1, -0.05) is 13.8 Å². The van der Waals surface area contributed by atoms with Crippen LogP contribution in [-0.4, -0.2) is 35.2 Å². The molecule has 0 spiro atoms. The van der Waals surface area contributed by atoms with E-state index in [1.54, 1.807) is 6.92 Å². The maximum Gasteiger partial charge on any atom is 0.303 e. The highest BCUT2D eigenvalue weighted by Gasteiger charge is 2.12. The highest BCUT2D eigenvalue weighted by molar-refractivity contribution is 5.77. The molecule has 0 saturated carbocycles. The van der Waals surface area contributed by atoms with E-state index in [1.165, 1.54) is 0 Å². The summed E-state index contributed by atoms with van der Waals surface area (Å²) in [4.78, 5) is 21.8. The zero-order valence-electron chi connectivity index (χ0n) is 10.6. The molecule has 0 rings (SSSR count). The van der Waals surface area contributed by atoms with Crippen molar-refractivity contribution in [3.8, 4) is 0 Å². The first-order valence-electron chi connectivity index (χ1n) is 6.05. The quantitative estimate of drug-likeness (QED) is 0.529. The smallest absolute Gasteiger partial charge is 0.303 e. The van der Waals surface area contributed by atoms with Gasteiger partial charge in [0.05, 0.1) is 0 Å². The van der Waals surface area contributed by atoms with Crippen molar-refractivity contribution in [3.63, 3.8) is 0 Å². The standard InChI is InChI=1S/C12H23NO4/c1-9(8-14)4-3-5-13-11(15)6-10(2)7-12(16)17/h9-10,14H,3-8H2,1-2H3,(H,13,15)(H,16,17). The molecule has 0 saturated heterocycles. The van der Waals surface area contributed by atoms with Crippen LogP contribution < -0.4 is 5.32 Å². The van der Waals surface area contributed by atoms with Crippen LogP contribution in [0.2, 0.25) is 0 Å². The molecule has 0 aromatic carbocycles. The highest BCUT2D eigenvalue weighted by Crippen LogP contribution is 2.07. The lowest BCUT2D eigenvalue weighted by molar-refractivity contribution is -0.138. The summed E-state index contributed by atoms with van der Waals surface area (Å²) >= 11 is 0. The Balaban J connectivity index is 3.56. The molecule has 2 atom stereocenters. The summed E-state index contributed by atoms with van der Waals surface area (Å²) in [6.07, 6.45) is 1.99. The van der Waals surface area contributed by atoms with E-state index in [0.717, 1.165) is 12.8 Å². The fourth-order valence-corrected chi connectivity index (χ4v) is 1.53. The van der Waals surface area contributed by atoms with Crippen molar-refractivity contribution < 1.29 is 19.8 Å². The summed E-state index contributed by atoms with van der Waals surface area (Å²) in [5.74, 6) is -0.848. The van der Waals surface area contributed by atoms with E-state index < -0.39 is 5.97 Å². The fraction of sp³-hybridized carbons (Fsp3) is 0.833. The Morgan fingerprint density at radius 1 is 1.18 bits per heavy atom. The predicted octanol–water partition coefficient (Wildman–Crippen LogP) is 1.01. The Morgan fingerprint density at radius 2 is 1.82 bits per heavy atom. The summed E-state index contributed by atoms with van der Waals surface area (Å²) in [6, 6.07) is 0. The number of aliphatic carboxylic acids is 1. The lowest BCUT2D eigenvalue weighted by Crippen LogP contribution is -2.26. The second kappa shape index (κ2) is 8.98. The number of amides is 1. The minimum absolute atomic E-state index is 0.0228. The van der Waals surface area contributed by atoms with E-state index in [1.807, 2.05) is 6.92 Å². The van der Waals surface area contributed by atoms with Crippen molar-refractivity contribution in [3.05, 3.63) is 0 Å². The first kappa shape index (κ1) is 15.9. The number of carbonyl (C=O) groups is 2. The Kier molecular flexibility index (Phi) is 8.40. The van der Waals surface area contributed by atoms with E-state index >= 15 is 0 Å². The summed E-state index contributed by atoms with van der Waals surface area (Å²) in [5.41, 5.74) is 0. The van der Waals surface area contributed by atoms with E-state index in [2.05, 4.69) is 5.32 Å². The minimum Gasteiger partial charge on any atom is -0.481 e. The van der Waals surface area contributed by atoms with Crippen molar-refractivity contribution in [1.29, 1.82) is 0 Å². The molecule has 0 bridgehead atoms. The minimum atomic E-state index is -0.873. The average Bonchev–Trinajstić information content (AvgIpc) is 2.22. The SMILES string of the molecule is CC(CO)CCCNC(=O)CC(C)CC(=O)O. The molecule has 2 unspecified atom stereocenters. The van der Waals surface area contributed by atoms with Crippen molar-refractivity contribution in [1.82, 2.24) is 5.32 Å². The van der Waals surface area contributed by atoms with Gasteiger partial charge in [0.2, 0.25) is 5.91 Å². The Bertz CT molecular complexity index is 243. The van der Waals surface area contributed by atoms with Crippen LogP contribution in [0.5, 0.6) is 0 Å². The van der Waals surface area contributed by atoms with E-state index in [0.29, 0.717) is 6.54 Å². The first-order chi connectivity index (χ1) is 7.95. The molecular weight excluding hydrogens is 222 g/mol. The van der Waals surface area contributed by atoms with Gasteiger partial charge in [0.25, 0.3) is 0 Å². The van der Waals surface area contributed by atoms with Gasteiger partial charge >= 0.3 is 5.97 Å². The molecule has 0 heterocycles. The van der Waals surface area contributed by atoms with Gasteiger partial charge in [0.15, 0.2) is 0 Å². The molecule has 0 radical (unpaired) electrons. The van der Waals surface area contributed by atoms with Crippen LogP contribution >= 0.6 is 0 Å². The molecule has 5 heteroatoms. The van der Waals surface area contributed by atoms with Crippen LogP contribution in [0.3, 0.4) is 0 Å². The molecule has 0 aliphatic heterocycles. The molecular formula is C12H23NO4. The zero-order valence-corrected chi connectivity index (χ0v) is 10.6. The average molecular weight is 245 g/mol. The number of aliphatic hydroxyl groups excluding tert-OH is 1. The van der Waals surface area contributed by atoms with Crippen LogP contribution in [-0.2, 0) is 9.59 Å². The summed E-state index contributed by atoms with van der Waals surface area (Å²) in [5, 5.41) is 20.1. The summed E-state index contributed by atoms with van der Waals surface area (Å²) in [6.45, 7) is 4.46. The molecule has 17 heavy (non-hydrogen) atoms. The van der Waals surface area contributed by atoms with E-state index in [4.69, 9.17) is 10.2 Å². The van der Waals surface area contributed by atoms with Gasteiger partial charge in [0, 0.05) is 26.0 Å². The van der Waals surface area contributed by atoms with Gasteiger partial charge in [-0.3, -0.25) is 9.59 Å². The van der Waals surface area contributed by atoms with Crippen LogP contribution in [0.4, 0.5) is 0 Å². The molecule has 1 amide bonds. The third-order valence-corrected chi connectivity index (χ3v) is 2.56. The Hall–Kier alpha value is -1.10. The van der Waals surface area contributed by atoms with Gasteiger partial charge in [-0.2, -0.15) is 0 Å². The normalized spacial score (nSPS) is 14.1. The van der Waals surface area contributed by atoms with Crippen LogP contribution in [0.15, 0.2) is 0 Å². The molecule has 0 aliphatic rings. The second-order valence-electron chi connectivity index (χ2n) is 4.69. The van der Waals surface area contributed by atoms with Crippen LogP contribution in [0.1, 0.15) is 39.5 Å². The molecule has 0 aromatic heterocycles. The number of rotatable bonds is 9. The number of carboxylic acids is 1. The van der Waals surface area contributed by atoms with Crippen molar-refractivity contribution in [2.75, 3.05) is 13.2 Å². The van der Waals surface area contributed by atoms with Gasteiger partial charge < -0.3 is 15.5 Å². The van der Waals surface area contributed by atoms with Gasteiger partial charge in [-0.25, -0.2) is 0 Å². The monoisotopic (exact) mass is 245 g/mol. The van der Waals surface area contributed by atoms with Gasteiger partial charge in [-0.05, 0) is 24.7 Å². The molecule has 0 aromatic rings. The second-order valence-corrected chi connectivity index (χ2v) is 4.69.